The SMILES string of the molecule is O=C(NCc1cccnc1)c1ccc(Oc2ccc(Cl)cc2[N+](=O)[O-])cc1. The first-order valence-corrected chi connectivity index (χ1v) is 8.29. The Balaban J connectivity index is 1.67. The molecule has 0 aliphatic rings. The second-order valence-electron chi connectivity index (χ2n) is 5.54. The van der Waals surface area contributed by atoms with Crippen LogP contribution in [0.5, 0.6) is 11.5 Å². The van der Waals surface area contributed by atoms with Crippen LogP contribution in [0.2, 0.25) is 5.02 Å². The van der Waals surface area contributed by atoms with Crippen LogP contribution in [-0.2, 0) is 6.54 Å². The smallest absolute Gasteiger partial charge is 0.313 e. The number of aromatic nitrogens is 1. The summed E-state index contributed by atoms with van der Waals surface area (Å²) in [5.74, 6) is 0.185. The van der Waals surface area contributed by atoms with E-state index in [1.165, 1.54) is 18.2 Å². The molecule has 136 valence electrons. The molecule has 3 rings (SSSR count). The van der Waals surface area contributed by atoms with Crippen LogP contribution in [0.25, 0.3) is 0 Å². The molecule has 7 nitrogen and oxygen atoms in total. The Morgan fingerprint density at radius 3 is 2.63 bits per heavy atom. The van der Waals surface area contributed by atoms with Crippen molar-refractivity contribution in [3.63, 3.8) is 0 Å². The summed E-state index contributed by atoms with van der Waals surface area (Å²) >= 11 is 5.79. The first kappa shape index (κ1) is 18.3. The van der Waals surface area contributed by atoms with Gasteiger partial charge in [0.2, 0.25) is 5.75 Å². The Labute approximate surface area is 159 Å². The number of rotatable bonds is 6. The van der Waals surface area contributed by atoms with E-state index in [2.05, 4.69) is 10.3 Å². The van der Waals surface area contributed by atoms with Crippen LogP contribution in [0, 0.1) is 10.1 Å². The van der Waals surface area contributed by atoms with E-state index in [9.17, 15) is 14.9 Å². The molecule has 0 atom stereocenters. The predicted molar refractivity (Wildman–Crippen MR) is 100 cm³/mol. The molecule has 0 radical (unpaired) electrons. The van der Waals surface area contributed by atoms with Crippen LogP contribution in [0.1, 0.15) is 15.9 Å². The molecule has 1 N–H and O–H groups in total. The lowest BCUT2D eigenvalue weighted by atomic mass is 10.2. The van der Waals surface area contributed by atoms with E-state index in [0.717, 1.165) is 5.56 Å². The number of nitrogens with one attached hydrogen (secondary N) is 1. The van der Waals surface area contributed by atoms with Gasteiger partial charge in [0.05, 0.1) is 4.92 Å². The monoisotopic (exact) mass is 383 g/mol. The maximum absolute atomic E-state index is 12.2. The van der Waals surface area contributed by atoms with E-state index in [1.54, 1.807) is 42.7 Å². The van der Waals surface area contributed by atoms with Gasteiger partial charge in [-0.15, -0.1) is 0 Å². The van der Waals surface area contributed by atoms with Crippen LogP contribution < -0.4 is 10.1 Å². The summed E-state index contributed by atoms with van der Waals surface area (Å²) in [5, 5.41) is 14.1. The van der Waals surface area contributed by atoms with Crippen molar-refractivity contribution in [3.8, 4) is 11.5 Å². The Bertz CT molecular complexity index is 962. The van der Waals surface area contributed by atoms with Crippen LogP contribution in [-0.4, -0.2) is 15.8 Å². The zero-order valence-electron chi connectivity index (χ0n) is 14.0. The number of nitro benzene ring substituents is 1. The third kappa shape index (κ3) is 4.80. The fourth-order valence-electron chi connectivity index (χ4n) is 2.31. The second-order valence-corrected chi connectivity index (χ2v) is 5.98. The molecule has 1 heterocycles. The first-order chi connectivity index (χ1) is 13.0. The maximum Gasteiger partial charge on any atom is 0.313 e. The average molecular weight is 384 g/mol. The van der Waals surface area contributed by atoms with E-state index in [-0.39, 0.29) is 22.4 Å². The Morgan fingerprint density at radius 1 is 1.19 bits per heavy atom. The minimum atomic E-state index is -0.568. The van der Waals surface area contributed by atoms with E-state index >= 15 is 0 Å². The number of carbonyl (C=O) groups excluding carboxylic acids is 1. The van der Waals surface area contributed by atoms with Crippen molar-refractivity contribution in [1.29, 1.82) is 0 Å². The highest BCUT2D eigenvalue weighted by atomic mass is 35.5. The molecule has 0 saturated heterocycles. The molecule has 3 aromatic rings. The highest BCUT2D eigenvalue weighted by Gasteiger charge is 2.16. The minimum absolute atomic E-state index is 0.0678. The largest absolute Gasteiger partial charge is 0.450 e. The standard InChI is InChI=1S/C19H14ClN3O4/c20-15-5-8-18(17(10-15)23(25)26)27-16-6-3-14(4-7-16)19(24)22-12-13-2-1-9-21-11-13/h1-11H,12H2,(H,22,24). The van der Waals surface area contributed by atoms with Gasteiger partial charge in [-0.1, -0.05) is 17.7 Å². The van der Waals surface area contributed by atoms with Crippen LogP contribution in [0.3, 0.4) is 0 Å². The van der Waals surface area contributed by atoms with E-state index in [0.29, 0.717) is 17.9 Å². The van der Waals surface area contributed by atoms with Gasteiger partial charge < -0.3 is 10.1 Å². The van der Waals surface area contributed by atoms with Gasteiger partial charge in [-0.05, 0) is 48.0 Å². The van der Waals surface area contributed by atoms with Crippen LogP contribution in [0.4, 0.5) is 5.69 Å². The fourth-order valence-corrected chi connectivity index (χ4v) is 2.47. The molecule has 0 aliphatic carbocycles. The summed E-state index contributed by atoms with van der Waals surface area (Å²) in [4.78, 5) is 26.7. The Kier molecular flexibility index (Phi) is 5.63. The normalized spacial score (nSPS) is 10.3. The highest BCUT2D eigenvalue weighted by Crippen LogP contribution is 2.33. The maximum atomic E-state index is 12.2. The summed E-state index contributed by atoms with van der Waals surface area (Å²) in [6.07, 6.45) is 3.34. The molecular formula is C19H14ClN3O4. The molecule has 0 unspecified atom stereocenters. The highest BCUT2D eigenvalue weighted by molar-refractivity contribution is 6.30. The van der Waals surface area contributed by atoms with Gasteiger partial charge in [-0.25, -0.2) is 0 Å². The van der Waals surface area contributed by atoms with Gasteiger partial charge in [-0.3, -0.25) is 19.9 Å². The van der Waals surface area contributed by atoms with Crippen molar-refractivity contribution < 1.29 is 14.5 Å². The molecule has 0 bridgehead atoms. The number of nitro groups is 1. The van der Waals surface area contributed by atoms with Crippen molar-refractivity contribution in [3.05, 3.63) is 93.3 Å². The lowest BCUT2D eigenvalue weighted by Crippen LogP contribution is -2.22. The van der Waals surface area contributed by atoms with Crippen molar-refractivity contribution in [1.82, 2.24) is 10.3 Å². The Morgan fingerprint density at radius 2 is 1.96 bits per heavy atom. The number of ether oxygens (including phenoxy) is 1. The van der Waals surface area contributed by atoms with Crippen LogP contribution >= 0.6 is 11.6 Å². The van der Waals surface area contributed by atoms with Crippen molar-refractivity contribution >= 4 is 23.2 Å². The van der Waals surface area contributed by atoms with Crippen molar-refractivity contribution in [2.24, 2.45) is 0 Å². The number of amides is 1. The number of pyridine rings is 1. The molecular weight excluding hydrogens is 370 g/mol. The summed E-state index contributed by atoms with van der Waals surface area (Å²) in [6.45, 7) is 0.363. The van der Waals surface area contributed by atoms with E-state index in [4.69, 9.17) is 16.3 Å². The number of halogens is 1. The van der Waals surface area contributed by atoms with Crippen molar-refractivity contribution in [2.75, 3.05) is 0 Å². The van der Waals surface area contributed by atoms with Gasteiger partial charge in [0.15, 0.2) is 0 Å². The quantitative estimate of drug-likeness (QED) is 0.504. The van der Waals surface area contributed by atoms with Gasteiger partial charge >= 0.3 is 5.69 Å². The first-order valence-electron chi connectivity index (χ1n) is 7.92. The number of hydrogen-bond donors (Lipinski definition) is 1. The van der Waals surface area contributed by atoms with Gasteiger partial charge in [-0.2, -0.15) is 0 Å². The zero-order valence-corrected chi connectivity index (χ0v) is 14.7. The fraction of sp³-hybridized carbons (Fsp3) is 0.0526. The molecule has 0 spiro atoms. The molecule has 1 amide bonds. The van der Waals surface area contributed by atoms with Crippen LogP contribution in [0.15, 0.2) is 67.0 Å². The minimum Gasteiger partial charge on any atom is -0.450 e. The number of benzene rings is 2. The summed E-state index contributed by atoms with van der Waals surface area (Å²) in [5.41, 5.74) is 1.10. The molecule has 8 heteroatoms. The topological polar surface area (TPSA) is 94.4 Å². The number of hydrogen-bond acceptors (Lipinski definition) is 5. The lowest BCUT2D eigenvalue weighted by molar-refractivity contribution is -0.385. The molecule has 2 aromatic carbocycles. The third-order valence-electron chi connectivity index (χ3n) is 3.64. The molecule has 1 aromatic heterocycles. The van der Waals surface area contributed by atoms with Gasteiger partial charge in [0.1, 0.15) is 5.75 Å². The lowest BCUT2D eigenvalue weighted by Gasteiger charge is -2.08. The Hall–Kier alpha value is -3.45. The molecule has 27 heavy (non-hydrogen) atoms. The predicted octanol–water partition coefficient (Wildman–Crippen LogP) is 4.37. The second kappa shape index (κ2) is 8.29. The number of nitrogens with zero attached hydrogens (tertiary/aromatic N) is 2. The molecule has 0 aliphatic heterocycles. The van der Waals surface area contributed by atoms with Crippen molar-refractivity contribution in [2.45, 2.75) is 6.54 Å². The third-order valence-corrected chi connectivity index (χ3v) is 3.87. The average Bonchev–Trinajstić information content (AvgIpc) is 2.68. The molecule has 0 saturated carbocycles. The summed E-state index contributed by atoms with van der Waals surface area (Å²) < 4.78 is 5.55. The number of carbonyl (C=O) groups is 1. The van der Waals surface area contributed by atoms with Gasteiger partial charge in [0, 0.05) is 35.6 Å². The van der Waals surface area contributed by atoms with E-state index < -0.39 is 4.92 Å². The van der Waals surface area contributed by atoms with E-state index in [1.807, 2.05) is 6.07 Å². The summed E-state index contributed by atoms with van der Waals surface area (Å²) in [6, 6.07) is 14.1. The van der Waals surface area contributed by atoms with Gasteiger partial charge in [0.25, 0.3) is 5.91 Å². The zero-order chi connectivity index (χ0) is 19.2. The summed E-state index contributed by atoms with van der Waals surface area (Å²) in [7, 11) is 0. The molecule has 0 fully saturated rings.